The van der Waals surface area contributed by atoms with Gasteiger partial charge in [-0.25, -0.2) is 0 Å². The van der Waals surface area contributed by atoms with Crippen molar-refractivity contribution < 1.29 is 0 Å². The van der Waals surface area contributed by atoms with E-state index in [1.807, 2.05) is 23.5 Å². The average molecular weight is 320 g/mol. The van der Waals surface area contributed by atoms with Crippen LogP contribution in [0.5, 0.6) is 0 Å². The van der Waals surface area contributed by atoms with E-state index < -0.39 is 0 Å². The van der Waals surface area contributed by atoms with Crippen LogP contribution >= 0.6 is 22.9 Å². The van der Waals surface area contributed by atoms with Crippen molar-refractivity contribution in [1.82, 2.24) is 5.32 Å². The van der Waals surface area contributed by atoms with Gasteiger partial charge in [0.2, 0.25) is 0 Å². The van der Waals surface area contributed by atoms with Crippen LogP contribution < -0.4 is 5.32 Å². The molecule has 1 unspecified atom stereocenters. The molecular weight excluding hydrogens is 298 g/mol. The van der Waals surface area contributed by atoms with Gasteiger partial charge in [-0.05, 0) is 74.9 Å². The Morgan fingerprint density at radius 3 is 2.71 bits per heavy atom. The van der Waals surface area contributed by atoms with Gasteiger partial charge < -0.3 is 5.32 Å². The van der Waals surface area contributed by atoms with Crippen molar-refractivity contribution >= 4 is 22.9 Å². The summed E-state index contributed by atoms with van der Waals surface area (Å²) in [5.74, 6) is 0. The lowest BCUT2D eigenvalue weighted by Crippen LogP contribution is -2.20. The molecule has 1 atom stereocenters. The van der Waals surface area contributed by atoms with Gasteiger partial charge in [0.05, 0.1) is 0 Å². The van der Waals surface area contributed by atoms with Crippen molar-refractivity contribution in [2.45, 2.75) is 45.1 Å². The first-order valence-corrected chi connectivity index (χ1v) is 9.01. The molecule has 0 fully saturated rings. The minimum atomic E-state index is 0.452. The Morgan fingerprint density at radius 2 is 1.95 bits per heavy atom. The average Bonchev–Trinajstić information content (AvgIpc) is 2.93. The van der Waals surface area contributed by atoms with Crippen molar-refractivity contribution in [1.29, 1.82) is 0 Å². The zero-order valence-electron chi connectivity index (χ0n) is 12.5. The third kappa shape index (κ3) is 3.88. The molecule has 1 aliphatic carbocycles. The lowest BCUT2D eigenvalue weighted by atomic mass is 9.99. The fourth-order valence-corrected chi connectivity index (χ4v) is 4.32. The molecule has 1 aromatic heterocycles. The van der Waals surface area contributed by atoms with E-state index in [0.717, 1.165) is 18.0 Å². The van der Waals surface area contributed by atoms with Crippen LogP contribution in [0.2, 0.25) is 5.02 Å². The van der Waals surface area contributed by atoms with E-state index in [-0.39, 0.29) is 0 Å². The molecule has 1 N–H and O–H groups in total. The maximum atomic E-state index is 5.91. The van der Waals surface area contributed by atoms with Crippen LogP contribution in [-0.2, 0) is 19.3 Å². The molecule has 0 radical (unpaired) electrons. The van der Waals surface area contributed by atoms with Gasteiger partial charge in [-0.3, -0.25) is 0 Å². The highest BCUT2D eigenvalue weighted by Crippen LogP contribution is 2.32. The summed E-state index contributed by atoms with van der Waals surface area (Å²) in [6.45, 7) is 3.28. The van der Waals surface area contributed by atoms with Gasteiger partial charge in [-0.15, -0.1) is 11.3 Å². The number of rotatable bonds is 5. The molecule has 1 heterocycles. The monoisotopic (exact) mass is 319 g/mol. The molecule has 3 heteroatoms. The quantitative estimate of drug-likeness (QED) is 0.801. The van der Waals surface area contributed by atoms with E-state index in [9.17, 15) is 0 Å². The van der Waals surface area contributed by atoms with Gasteiger partial charge >= 0.3 is 0 Å². The fourth-order valence-electron chi connectivity index (χ4n) is 2.91. The van der Waals surface area contributed by atoms with E-state index in [1.165, 1.54) is 36.1 Å². The Labute approximate surface area is 136 Å². The molecule has 0 bridgehead atoms. The van der Waals surface area contributed by atoms with Crippen LogP contribution in [0.1, 0.15) is 46.7 Å². The third-order valence-electron chi connectivity index (χ3n) is 4.22. The topological polar surface area (TPSA) is 12.0 Å². The van der Waals surface area contributed by atoms with Crippen LogP contribution in [-0.4, -0.2) is 6.54 Å². The van der Waals surface area contributed by atoms with Crippen molar-refractivity contribution in [2.75, 3.05) is 6.54 Å². The van der Waals surface area contributed by atoms with Crippen molar-refractivity contribution in [2.24, 2.45) is 0 Å². The fraction of sp³-hybridized carbons (Fsp3) is 0.444. The third-order valence-corrected chi connectivity index (χ3v) is 5.89. The number of benzene rings is 1. The molecule has 1 nitrogen and oxygen atoms in total. The van der Waals surface area contributed by atoms with Gasteiger partial charge in [0.15, 0.2) is 0 Å². The summed E-state index contributed by atoms with van der Waals surface area (Å²) in [7, 11) is 0. The maximum absolute atomic E-state index is 5.91. The predicted octanol–water partition coefficient (Wildman–Crippen LogP) is 5.17. The zero-order chi connectivity index (χ0) is 14.7. The molecule has 21 heavy (non-hydrogen) atoms. The number of aryl methyl sites for hydroxylation is 2. The van der Waals surface area contributed by atoms with Gasteiger partial charge in [-0.2, -0.15) is 0 Å². The number of hydrogen-bond donors (Lipinski definition) is 1. The molecule has 0 aliphatic heterocycles. The summed E-state index contributed by atoms with van der Waals surface area (Å²) < 4.78 is 0. The van der Waals surface area contributed by atoms with Gasteiger partial charge in [0.25, 0.3) is 0 Å². The summed E-state index contributed by atoms with van der Waals surface area (Å²) in [5, 5.41) is 4.46. The lowest BCUT2D eigenvalue weighted by molar-refractivity contribution is 0.584. The molecule has 3 rings (SSSR count). The SMILES string of the molecule is CC(NCCc1ccc(Cl)cc1)c1cc2c(s1)CCCC2. The first kappa shape index (κ1) is 15.1. The summed E-state index contributed by atoms with van der Waals surface area (Å²) in [4.78, 5) is 3.13. The lowest BCUT2D eigenvalue weighted by Gasteiger charge is -2.12. The Hall–Kier alpha value is -0.830. The van der Waals surface area contributed by atoms with Crippen LogP contribution in [0.3, 0.4) is 0 Å². The van der Waals surface area contributed by atoms with E-state index in [2.05, 4.69) is 30.4 Å². The van der Waals surface area contributed by atoms with E-state index in [4.69, 9.17) is 11.6 Å². The zero-order valence-corrected chi connectivity index (χ0v) is 14.1. The smallest absolute Gasteiger partial charge is 0.0406 e. The minimum Gasteiger partial charge on any atom is -0.309 e. The van der Waals surface area contributed by atoms with Crippen molar-refractivity contribution in [3.8, 4) is 0 Å². The summed E-state index contributed by atoms with van der Waals surface area (Å²) >= 11 is 7.92. The molecule has 0 saturated heterocycles. The van der Waals surface area contributed by atoms with Crippen LogP contribution in [0.4, 0.5) is 0 Å². The Bertz CT molecular complexity index is 564. The summed E-state index contributed by atoms with van der Waals surface area (Å²) in [6, 6.07) is 11.0. The molecule has 0 amide bonds. The second-order valence-electron chi connectivity index (χ2n) is 5.86. The van der Waals surface area contributed by atoms with Gasteiger partial charge in [0.1, 0.15) is 0 Å². The first-order chi connectivity index (χ1) is 10.2. The van der Waals surface area contributed by atoms with E-state index in [1.54, 1.807) is 10.4 Å². The maximum Gasteiger partial charge on any atom is 0.0406 e. The Kier molecular flexibility index (Phi) is 4.99. The number of fused-ring (bicyclic) bond motifs is 1. The molecule has 1 aliphatic rings. The second-order valence-corrected chi connectivity index (χ2v) is 7.46. The summed E-state index contributed by atoms with van der Waals surface area (Å²) in [6.07, 6.45) is 6.35. The molecule has 112 valence electrons. The molecule has 0 saturated carbocycles. The van der Waals surface area contributed by atoms with Gasteiger partial charge in [0, 0.05) is 20.8 Å². The summed E-state index contributed by atoms with van der Waals surface area (Å²) in [5.41, 5.74) is 2.94. The highest BCUT2D eigenvalue weighted by Gasteiger charge is 2.16. The predicted molar refractivity (Wildman–Crippen MR) is 92.5 cm³/mol. The highest BCUT2D eigenvalue weighted by molar-refractivity contribution is 7.12. The number of nitrogens with one attached hydrogen (secondary N) is 1. The molecular formula is C18H22ClNS. The molecule has 2 aromatic rings. The van der Waals surface area contributed by atoms with Crippen LogP contribution in [0.25, 0.3) is 0 Å². The molecule has 0 spiro atoms. The van der Waals surface area contributed by atoms with Crippen molar-refractivity contribution in [3.63, 3.8) is 0 Å². The number of halogens is 1. The van der Waals surface area contributed by atoms with E-state index >= 15 is 0 Å². The highest BCUT2D eigenvalue weighted by atomic mass is 35.5. The standard InChI is InChI=1S/C18H22ClNS/c1-13(18-12-15-4-2-3-5-17(15)21-18)20-11-10-14-6-8-16(19)9-7-14/h6-9,12-13,20H,2-5,10-11H2,1H3. The van der Waals surface area contributed by atoms with Crippen molar-refractivity contribution in [3.05, 3.63) is 56.2 Å². The first-order valence-electron chi connectivity index (χ1n) is 7.81. The second kappa shape index (κ2) is 6.95. The van der Waals surface area contributed by atoms with Crippen LogP contribution in [0.15, 0.2) is 30.3 Å². The van der Waals surface area contributed by atoms with E-state index in [0.29, 0.717) is 6.04 Å². The Balaban J connectivity index is 1.53. The normalized spacial score (nSPS) is 15.7. The van der Waals surface area contributed by atoms with Gasteiger partial charge in [-0.1, -0.05) is 23.7 Å². The largest absolute Gasteiger partial charge is 0.309 e. The number of hydrogen-bond acceptors (Lipinski definition) is 2. The Morgan fingerprint density at radius 1 is 1.19 bits per heavy atom. The molecule has 1 aromatic carbocycles. The van der Waals surface area contributed by atoms with Crippen LogP contribution in [0, 0.1) is 0 Å². The number of thiophene rings is 1. The minimum absolute atomic E-state index is 0.452.